The van der Waals surface area contributed by atoms with Crippen LogP contribution in [-0.2, 0) is 6.54 Å². The Bertz CT molecular complexity index is 739. The van der Waals surface area contributed by atoms with Crippen LogP contribution in [0, 0.1) is 0 Å². The molecular weight excluding hydrogens is 328 g/mol. The van der Waals surface area contributed by atoms with E-state index in [1.54, 1.807) is 11.8 Å². The lowest BCUT2D eigenvalue weighted by Gasteiger charge is -2.19. The normalized spacial score (nSPS) is 17.4. The van der Waals surface area contributed by atoms with Crippen molar-refractivity contribution in [1.29, 1.82) is 0 Å². The van der Waals surface area contributed by atoms with Gasteiger partial charge < -0.3 is 15.0 Å². The molecule has 6 heteroatoms. The number of amides is 1. The maximum atomic E-state index is 12.6. The van der Waals surface area contributed by atoms with Gasteiger partial charge in [-0.15, -0.1) is 0 Å². The molecule has 26 heavy (non-hydrogen) atoms. The molecule has 0 aliphatic carbocycles. The Morgan fingerprint density at radius 1 is 1.35 bits per heavy atom. The van der Waals surface area contributed by atoms with Crippen LogP contribution >= 0.6 is 0 Å². The van der Waals surface area contributed by atoms with Crippen molar-refractivity contribution in [3.8, 4) is 17.0 Å². The highest BCUT2D eigenvalue weighted by atomic mass is 16.5. The molecule has 0 bridgehead atoms. The average Bonchev–Trinajstić information content (AvgIpc) is 3.28. The van der Waals surface area contributed by atoms with E-state index in [-0.39, 0.29) is 5.91 Å². The molecule has 3 rings (SSSR count). The van der Waals surface area contributed by atoms with E-state index in [0.29, 0.717) is 24.8 Å². The summed E-state index contributed by atoms with van der Waals surface area (Å²) in [7, 11) is 3.80. The van der Waals surface area contributed by atoms with Crippen LogP contribution in [0.15, 0.2) is 30.3 Å². The molecule has 1 aromatic carbocycles. The first-order chi connectivity index (χ1) is 12.6. The molecule has 140 valence electrons. The average molecular weight is 356 g/mol. The third-order valence-electron chi connectivity index (χ3n) is 5.13. The van der Waals surface area contributed by atoms with Gasteiger partial charge >= 0.3 is 0 Å². The molecule has 1 atom stereocenters. The van der Waals surface area contributed by atoms with Crippen molar-refractivity contribution in [3.63, 3.8) is 0 Å². The predicted molar refractivity (Wildman–Crippen MR) is 102 cm³/mol. The van der Waals surface area contributed by atoms with E-state index in [9.17, 15) is 4.79 Å². The summed E-state index contributed by atoms with van der Waals surface area (Å²) >= 11 is 0. The summed E-state index contributed by atoms with van der Waals surface area (Å²) < 4.78 is 6.95. The summed E-state index contributed by atoms with van der Waals surface area (Å²) in [5.41, 5.74) is 2.38. The molecule has 1 aliphatic rings. The first-order valence-electron chi connectivity index (χ1n) is 9.33. The highest BCUT2D eigenvalue weighted by Crippen LogP contribution is 2.22. The van der Waals surface area contributed by atoms with Crippen molar-refractivity contribution in [2.75, 3.05) is 27.2 Å². The van der Waals surface area contributed by atoms with Gasteiger partial charge in [-0.1, -0.05) is 0 Å². The van der Waals surface area contributed by atoms with Crippen molar-refractivity contribution < 1.29 is 9.53 Å². The molecule has 0 spiro atoms. The zero-order valence-corrected chi connectivity index (χ0v) is 15.9. The first kappa shape index (κ1) is 18.5. The van der Waals surface area contributed by atoms with Crippen molar-refractivity contribution in [2.45, 2.75) is 38.8 Å². The second-order valence-electron chi connectivity index (χ2n) is 6.78. The van der Waals surface area contributed by atoms with Crippen LogP contribution in [0.1, 0.15) is 36.7 Å². The fourth-order valence-electron chi connectivity index (χ4n) is 3.53. The minimum Gasteiger partial charge on any atom is -0.497 e. The number of benzene rings is 1. The number of methoxy groups -OCH3 is 1. The quantitative estimate of drug-likeness (QED) is 0.829. The third-order valence-corrected chi connectivity index (χ3v) is 5.13. The largest absolute Gasteiger partial charge is 0.497 e. The molecule has 1 aromatic heterocycles. The van der Waals surface area contributed by atoms with E-state index in [2.05, 4.69) is 22.4 Å². The minimum atomic E-state index is -0.0558. The Morgan fingerprint density at radius 3 is 2.73 bits per heavy atom. The molecule has 1 saturated heterocycles. The number of nitrogens with one attached hydrogen (secondary N) is 1. The number of ether oxygens (including phenoxy) is 1. The van der Waals surface area contributed by atoms with Gasteiger partial charge in [0, 0.05) is 24.7 Å². The minimum absolute atomic E-state index is 0.0558. The second kappa shape index (κ2) is 8.36. The van der Waals surface area contributed by atoms with Crippen molar-refractivity contribution in [2.24, 2.45) is 0 Å². The van der Waals surface area contributed by atoms with Gasteiger partial charge in [0.25, 0.3) is 5.91 Å². The zero-order valence-electron chi connectivity index (χ0n) is 15.9. The molecule has 6 nitrogen and oxygen atoms in total. The molecule has 1 amide bonds. The predicted octanol–water partition coefficient (Wildman–Crippen LogP) is 2.79. The Balaban J connectivity index is 1.66. The Kier molecular flexibility index (Phi) is 5.93. The lowest BCUT2D eigenvalue weighted by atomic mass is 10.1. The number of hydrogen-bond acceptors (Lipinski definition) is 4. The summed E-state index contributed by atoms with van der Waals surface area (Å²) in [5, 5.41) is 7.64. The molecule has 1 aliphatic heterocycles. The van der Waals surface area contributed by atoms with Gasteiger partial charge in [-0.3, -0.25) is 9.48 Å². The highest BCUT2D eigenvalue weighted by Gasteiger charge is 2.21. The fourth-order valence-corrected chi connectivity index (χ4v) is 3.53. The molecule has 1 unspecified atom stereocenters. The maximum absolute atomic E-state index is 12.6. The van der Waals surface area contributed by atoms with Crippen LogP contribution in [0.2, 0.25) is 0 Å². The summed E-state index contributed by atoms with van der Waals surface area (Å²) in [6, 6.07) is 10.2. The van der Waals surface area contributed by atoms with Crippen LogP contribution in [-0.4, -0.2) is 53.9 Å². The zero-order chi connectivity index (χ0) is 18.5. The molecule has 1 fully saturated rings. The van der Waals surface area contributed by atoms with Crippen molar-refractivity contribution in [3.05, 3.63) is 36.0 Å². The lowest BCUT2D eigenvalue weighted by molar-refractivity contribution is 0.0939. The van der Waals surface area contributed by atoms with Crippen molar-refractivity contribution >= 4 is 5.91 Å². The van der Waals surface area contributed by atoms with E-state index in [1.165, 1.54) is 12.8 Å². The summed E-state index contributed by atoms with van der Waals surface area (Å²) in [4.78, 5) is 15.0. The number of nitrogens with zero attached hydrogens (tertiary/aromatic N) is 3. The molecular formula is C20H28N4O2. The van der Waals surface area contributed by atoms with E-state index in [1.807, 2.05) is 37.3 Å². The number of carbonyl (C=O) groups excluding carboxylic acids is 1. The first-order valence-corrected chi connectivity index (χ1v) is 9.33. The van der Waals surface area contributed by atoms with Gasteiger partial charge in [0.15, 0.2) is 0 Å². The molecule has 2 aromatic rings. The Morgan fingerprint density at radius 2 is 2.12 bits per heavy atom. The molecule has 2 heterocycles. The van der Waals surface area contributed by atoms with Crippen molar-refractivity contribution in [1.82, 2.24) is 20.0 Å². The molecule has 0 saturated carbocycles. The van der Waals surface area contributed by atoms with E-state index in [4.69, 9.17) is 4.74 Å². The number of likely N-dealkylation sites (tertiary alicyclic amines) is 1. The second-order valence-corrected chi connectivity index (χ2v) is 6.78. The topological polar surface area (TPSA) is 59.4 Å². The van der Waals surface area contributed by atoms with Gasteiger partial charge in [0.05, 0.1) is 12.8 Å². The smallest absolute Gasteiger partial charge is 0.269 e. The van der Waals surface area contributed by atoms with E-state index >= 15 is 0 Å². The van der Waals surface area contributed by atoms with Gasteiger partial charge in [0.2, 0.25) is 0 Å². The highest BCUT2D eigenvalue weighted by molar-refractivity contribution is 5.93. The number of carbonyl (C=O) groups is 1. The summed E-state index contributed by atoms with van der Waals surface area (Å²) in [6.07, 6.45) is 3.47. The number of aromatic nitrogens is 2. The van der Waals surface area contributed by atoms with Crippen LogP contribution < -0.4 is 10.1 Å². The Hall–Kier alpha value is -2.34. The SMILES string of the molecule is CCn1nc(-c2ccc(OC)cc2)cc1C(=O)NCCC1CCCN1C. The number of aryl methyl sites for hydroxylation is 1. The molecule has 1 N–H and O–H groups in total. The summed E-state index contributed by atoms with van der Waals surface area (Å²) in [5.74, 6) is 0.748. The van der Waals surface area contributed by atoms with Crippen LogP contribution in [0.3, 0.4) is 0 Å². The van der Waals surface area contributed by atoms with E-state index in [0.717, 1.165) is 30.0 Å². The van der Waals surface area contributed by atoms with Gasteiger partial charge in [-0.25, -0.2) is 0 Å². The maximum Gasteiger partial charge on any atom is 0.269 e. The number of rotatable bonds is 7. The number of hydrogen-bond donors (Lipinski definition) is 1. The van der Waals surface area contributed by atoms with E-state index < -0.39 is 0 Å². The van der Waals surface area contributed by atoms with Gasteiger partial charge in [-0.2, -0.15) is 5.10 Å². The fraction of sp³-hybridized carbons (Fsp3) is 0.500. The monoisotopic (exact) mass is 356 g/mol. The standard InChI is InChI=1S/C20H28N4O2/c1-4-24-19(20(25)21-12-11-16-6-5-13-23(16)2)14-18(22-24)15-7-9-17(26-3)10-8-15/h7-10,14,16H,4-6,11-13H2,1-3H3,(H,21,25). The lowest BCUT2D eigenvalue weighted by Crippen LogP contribution is -2.32. The van der Waals surface area contributed by atoms with Crippen LogP contribution in [0.4, 0.5) is 0 Å². The Labute approximate surface area is 155 Å². The molecule has 0 radical (unpaired) electrons. The van der Waals surface area contributed by atoms with Crippen LogP contribution in [0.5, 0.6) is 5.75 Å². The summed E-state index contributed by atoms with van der Waals surface area (Å²) in [6.45, 7) is 4.51. The third kappa shape index (κ3) is 4.07. The van der Waals surface area contributed by atoms with Gasteiger partial charge in [-0.05, 0) is 70.1 Å². The van der Waals surface area contributed by atoms with Gasteiger partial charge in [0.1, 0.15) is 11.4 Å². The van der Waals surface area contributed by atoms with Crippen LogP contribution in [0.25, 0.3) is 11.3 Å².